The van der Waals surface area contributed by atoms with Gasteiger partial charge < -0.3 is 29.9 Å². The van der Waals surface area contributed by atoms with Crippen molar-refractivity contribution in [1.29, 1.82) is 0 Å². The molecule has 0 fully saturated rings. The van der Waals surface area contributed by atoms with E-state index < -0.39 is 30.4 Å². The summed E-state index contributed by atoms with van der Waals surface area (Å²) in [6.07, 6.45) is 45.0. The maximum Gasteiger partial charge on any atom is 0.330 e. The van der Waals surface area contributed by atoms with Gasteiger partial charge in [-0.2, -0.15) is 0 Å². The first-order valence-electron chi connectivity index (χ1n) is 31.4. The minimum Gasteiger partial charge on any atom is -0.462 e. The Labute approximate surface area is 455 Å². The van der Waals surface area contributed by atoms with Crippen LogP contribution < -0.4 is 4.74 Å². The maximum atomic E-state index is 12.9. The van der Waals surface area contributed by atoms with E-state index in [9.17, 15) is 30.0 Å². The number of benzene rings is 1. The van der Waals surface area contributed by atoms with E-state index in [0.717, 1.165) is 82.6 Å². The lowest BCUT2D eigenvalue weighted by atomic mass is 10.0. The molecule has 0 radical (unpaired) electrons. The van der Waals surface area contributed by atoms with E-state index >= 15 is 0 Å². The molecule has 10 heteroatoms. The molecule has 0 aliphatic carbocycles. The second kappa shape index (κ2) is 51.4. The van der Waals surface area contributed by atoms with Gasteiger partial charge in [0.1, 0.15) is 5.75 Å². The van der Waals surface area contributed by atoms with Gasteiger partial charge in [-0.25, -0.2) is 4.79 Å². The van der Waals surface area contributed by atoms with E-state index in [-0.39, 0.29) is 19.0 Å². The third-order valence-electron chi connectivity index (χ3n) is 14.7. The Kier molecular flexibility index (Phi) is 48.4. The van der Waals surface area contributed by atoms with Gasteiger partial charge >= 0.3 is 11.9 Å². The Bertz CT molecular complexity index is 1350. The van der Waals surface area contributed by atoms with Gasteiger partial charge in [0.15, 0.2) is 0 Å². The fraction of sp³-hybridized carbons (Fsp3) is 0.844. The predicted octanol–water partition coefficient (Wildman–Crippen LogP) is 15.5. The molecule has 0 saturated carbocycles. The molecule has 0 spiro atoms. The van der Waals surface area contributed by atoms with E-state index in [0.29, 0.717) is 57.9 Å². The van der Waals surface area contributed by atoms with E-state index in [4.69, 9.17) is 9.47 Å². The van der Waals surface area contributed by atoms with Crippen molar-refractivity contribution in [3.8, 4) is 5.75 Å². The number of esters is 2. The van der Waals surface area contributed by atoms with E-state index in [1.165, 1.54) is 160 Å². The molecule has 1 rings (SSSR count). The summed E-state index contributed by atoms with van der Waals surface area (Å²) in [4.78, 5) is 29.9. The molecule has 74 heavy (non-hydrogen) atoms. The Hall–Kier alpha value is -2.34. The van der Waals surface area contributed by atoms with Crippen LogP contribution in [0, 0.1) is 0 Å². The van der Waals surface area contributed by atoms with Gasteiger partial charge in [-0.1, -0.05) is 245 Å². The molecule has 0 heterocycles. The molecule has 1 aromatic carbocycles. The minimum absolute atomic E-state index is 0.226. The molecule has 4 atom stereocenters. The quantitative estimate of drug-likeness (QED) is 0.0216. The van der Waals surface area contributed by atoms with Gasteiger partial charge in [0.25, 0.3) is 0 Å². The number of rotatable bonds is 55. The molecule has 0 amide bonds. The van der Waals surface area contributed by atoms with Gasteiger partial charge in [0.2, 0.25) is 0 Å². The zero-order valence-electron chi connectivity index (χ0n) is 48.6. The predicted molar refractivity (Wildman–Crippen MR) is 312 cm³/mol. The van der Waals surface area contributed by atoms with Crippen LogP contribution in [0.4, 0.5) is 0 Å². The molecule has 0 aromatic heterocycles. The highest BCUT2D eigenvalue weighted by Crippen LogP contribution is 2.18. The molecule has 0 aliphatic heterocycles. The Balaban J connectivity index is 2.60. The van der Waals surface area contributed by atoms with Crippen molar-refractivity contribution in [2.24, 2.45) is 0 Å². The van der Waals surface area contributed by atoms with Gasteiger partial charge in [-0.15, -0.1) is 0 Å². The average Bonchev–Trinajstić information content (AvgIpc) is 3.38. The number of carbonyl (C=O) groups excluding carboxylic acids is 2. The van der Waals surface area contributed by atoms with Crippen LogP contribution in [0.2, 0.25) is 0 Å². The number of ether oxygens (including phenoxy) is 2. The monoisotopic (exact) mass is 1040 g/mol. The normalized spacial score (nSPS) is 13.5. The number of carbonyl (C=O) groups is 2. The van der Waals surface area contributed by atoms with Gasteiger partial charge in [-0.05, 0) is 68.8 Å². The highest BCUT2D eigenvalue weighted by Gasteiger charge is 2.18. The summed E-state index contributed by atoms with van der Waals surface area (Å²) in [5, 5.41) is 43.9. The van der Waals surface area contributed by atoms with Gasteiger partial charge in [-0.3, -0.25) is 14.6 Å². The smallest absolute Gasteiger partial charge is 0.330 e. The van der Waals surface area contributed by atoms with Gasteiger partial charge in [0, 0.05) is 45.2 Å². The van der Waals surface area contributed by atoms with Crippen LogP contribution in [-0.4, -0.2) is 112 Å². The summed E-state index contributed by atoms with van der Waals surface area (Å²) in [5.74, 6) is -0.333. The average molecular weight is 1040 g/mol. The van der Waals surface area contributed by atoms with Gasteiger partial charge in [0.05, 0.1) is 31.0 Å². The van der Waals surface area contributed by atoms with Crippen LogP contribution in [-0.2, 0) is 14.3 Å². The fourth-order valence-electron chi connectivity index (χ4n) is 10.1. The second-order valence-corrected chi connectivity index (χ2v) is 22.2. The Morgan fingerprint density at radius 1 is 0.432 bits per heavy atom. The number of nitrogens with zero attached hydrogens (tertiary/aromatic N) is 2. The van der Waals surface area contributed by atoms with Crippen molar-refractivity contribution in [3.63, 3.8) is 0 Å². The molecule has 0 saturated heterocycles. The molecule has 0 bridgehead atoms. The molecule has 4 N–H and O–H groups in total. The van der Waals surface area contributed by atoms with E-state index in [1.807, 2.05) is 0 Å². The van der Waals surface area contributed by atoms with Crippen LogP contribution in [0.25, 0.3) is 6.08 Å². The third-order valence-corrected chi connectivity index (χ3v) is 14.7. The molecular formula is C64H118N2O8. The van der Waals surface area contributed by atoms with E-state index in [2.05, 4.69) is 37.5 Å². The summed E-state index contributed by atoms with van der Waals surface area (Å²) in [6.45, 7) is 12.5. The standard InChI is InChI=1S/C64H118N2O8/c1-5-9-13-17-21-25-29-33-39-58(67)53-65(54-59(68)40-34-30-26-22-18-14-10-6-2)50-37-43-64(72)74-62-47-44-57(45-48-62)46-49-63(71)73-52-38-51-66(55-60(69)41-35-31-27-23-19-15-11-7-3)56-61(70)42-36-32-28-24-20-16-12-8-4/h44-49,58-61,67-70H,5-43,50-56H2,1-4H3/b49-46+. The van der Waals surface area contributed by atoms with Crippen LogP contribution in [0.3, 0.4) is 0 Å². The Morgan fingerprint density at radius 3 is 1.08 bits per heavy atom. The lowest BCUT2D eigenvalue weighted by molar-refractivity contribution is -0.138. The Morgan fingerprint density at radius 2 is 0.743 bits per heavy atom. The first-order chi connectivity index (χ1) is 36.1. The zero-order chi connectivity index (χ0) is 54.0. The van der Waals surface area contributed by atoms with Crippen LogP contribution >= 0.6 is 0 Å². The fourth-order valence-corrected chi connectivity index (χ4v) is 10.1. The topological polar surface area (TPSA) is 140 Å². The second-order valence-electron chi connectivity index (χ2n) is 22.2. The summed E-state index contributed by atoms with van der Waals surface area (Å²) >= 11 is 0. The maximum absolute atomic E-state index is 12.9. The summed E-state index contributed by atoms with van der Waals surface area (Å²) < 4.78 is 11.2. The SMILES string of the molecule is CCCCCCCCCCC(O)CN(CCCOC(=O)/C=C/c1ccc(OC(=O)CCCN(CC(O)CCCCCCCCCC)CC(O)CCCCCCCCCC)cc1)CC(O)CCCCCCCCCC. The first-order valence-corrected chi connectivity index (χ1v) is 31.4. The number of unbranched alkanes of at least 4 members (excludes halogenated alkanes) is 28. The molecular weight excluding hydrogens is 925 g/mol. The lowest BCUT2D eigenvalue weighted by Crippen LogP contribution is -2.39. The van der Waals surface area contributed by atoms with Crippen LogP contribution in [0.5, 0.6) is 5.75 Å². The number of aliphatic hydroxyl groups is 4. The lowest BCUT2D eigenvalue weighted by Gasteiger charge is -2.27. The number of aliphatic hydroxyl groups excluding tert-OH is 4. The highest BCUT2D eigenvalue weighted by molar-refractivity contribution is 5.87. The molecule has 4 unspecified atom stereocenters. The summed E-state index contributed by atoms with van der Waals surface area (Å²) in [7, 11) is 0. The van der Waals surface area contributed by atoms with Crippen molar-refractivity contribution in [1.82, 2.24) is 9.80 Å². The molecule has 10 nitrogen and oxygen atoms in total. The molecule has 432 valence electrons. The van der Waals surface area contributed by atoms with Crippen molar-refractivity contribution in [2.45, 2.75) is 303 Å². The van der Waals surface area contributed by atoms with Crippen LogP contribution in [0.1, 0.15) is 284 Å². The summed E-state index contributed by atoms with van der Waals surface area (Å²) in [6, 6.07) is 7.04. The molecule has 1 aromatic rings. The first kappa shape index (κ1) is 69.7. The summed E-state index contributed by atoms with van der Waals surface area (Å²) in [5.41, 5.74) is 0.774. The number of hydrogen-bond acceptors (Lipinski definition) is 10. The highest BCUT2D eigenvalue weighted by atomic mass is 16.5. The van der Waals surface area contributed by atoms with Crippen LogP contribution in [0.15, 0.2) is 30.3 Å². The number of hydrogen-bond donors (Lipinski definition) is 4. The van der Waals surface area contributed by atoms with Crippen molar-refractivity contribution in [3.05, 3.63) is 35.9 Å². The molecule has 0 aliphatic rings. The van der Waals surface area contributed by atoms with Crippen molar-refractivity contribution >= 4 is 18.0 Å². The van der Waals surface area contributed by atoms with E-state index in [1.54, 1.807) is 30.3 Å². The third kappa shape index (κ3) is 44.8. The zero-order valence-corrected chi connectivity index (χ0v) is 48.6. The largest absolute Gasteiger partial charge is 0.462 e. The van der Waals surface area contributed by atoms with Crippen molar-refractivity contribution in [2.75, 3.05) is 45.9 Å². The minimum atomic E-state index is -0.456. The van der Waals surface area contributed by atoms with Crippen molar-refractivity contribution < 1.29 is 39.5 Å².